The van der Waals surface area contributed by atoms with Crippen molar-refractivity contribution >= 4 is 5.91 Å². The molecule has 3 unspecified atom stereocenters. The Morgan fingerprint density at radius 3 is 2.71 bits per heavy atom. The maximum absolute atomic E-state index is 11.8. The van der Waals surface area contributed by atoms with Gasteiger partial charge >= 0.3 is 0 Å². The van der Waals surface area contributed by atoms with E-state index in [0.29, 0.717) is 18.5 Å². The standard InChI is InChI=1S/C13H24N2O2/c1-9(13(16)15-11-6-7-11)17-12-5-3-2-4-10(12)8-14/h9-12H,2-8,14H2,1H3,(H,15,16). The quantitative estimate of drug-likeness (QED) is 0.758. The number of rotatable bonds is 5. The largest absolute Gasteiger partial charge is 0.365 e. The molecule has 4 heteroatoms. The SMILES string of the molecule is CC(OC1CCCCC1CN)C(=O)NC1CC1. The van der Waals surface area contributed by atoms with E-state index in [4.69, 9.17) is 10.5 Å². The maximum atomic E-state index is 11.8. The van der Waals surface area contributed by atoms with E-state index >= 15 is 0 Å². The molecule has 4 nitrogen and oxygen atoms in total. The first-order chi connectivity index (χ1) is 8.20. The van der Waals surface area contributed by atoms with E-state index < -0.39 is 0 Å². The van der Waals surface area contributed by atoms with Gasteiger partial charge in [0.1, 0.15) is 6.10 Å². The topological polar surface area (TPSA) is 64.3 Å². The molecule has 0 aromatic rings. The fourth-order valence-electron chi connectivity index (χ4n) is 2.49. The van der Waals surface area contributed by atoms with Crippen molar-refractivity contribution in [1.29, 1.82) is 0 Å². The van der Waals surface area contributed by atoms with Gasteiger partial charge < -0.3 is 15.8 Å². The molecule has 2 aliphatic carbocycles. The summed E-state index contributed by atoms with van der Waals surface area (Å²) in [5, 5.41) is 2.98. The van der Waals surface area contributed by atoms with E-state index in [1.807, 2.05) is 6.92 Å². The van der Waals surface area contributed by atoms with Gasteiger partial charge in [-0.15, -0.1) is 0 Å². The van der Waals surface area contributed by atoms with Crippen LogP contribution in [0.5, 0.6) is 0 Å². The minimum absolute atomic E-state index is 0.0360. The highest BCUT2D eigenvalue weighted by molar-refractivity contribution is 5.80. The van der Waals surface area contributed by atoms with Crippen molar-refractivity contribution in [2.45, 2.75) is 63.7 Å². The van der Waals surface area contributed by atoms with Crippen LogP contribution in [-0.2, 0) is 9.53 Å². The molecule has 17 heavy (non-hydrogen) atoms. The Morgan fingerprint density at radius 2 is 2.06 bits per heavy atom. The van der Waals surface area contributed by atoms with Crippen molar-refractivity contribution in [2.24, 2.45) is 11.7 Å². The van der Waals surface area contributed by atoms with Crippen molar-refractivity contribution in [3.8, 4) is 0 Å². The first-order valence-corrected chi connectivity index (χ1v) is 6.86. The Kier molecular flexibility index (Phi) is 4.40. The summed E-state index contributed by atoms with van der Waals surface area (Å²) in [5.74, 6) is 0.466. The van der Waals surface area contributed by atoms with Crippen LogP contribution >= 0.6 is 0 Å². The summed E-state index contributed by atoms with van der Waals surface area (Å²) in [6, 6.07) is 0.408. The summed E-state index contributed by atoms with van der Waals surface area (Å²) in [4.78, 5) is 11.8. The third-order valence-electron chi connectivity index (χ3n) is 3.81. The average molecular weight is 240 g/mol. The molecule has 3 atom stereocenters. The third-order valence-corrected chi connectivity index (χ3v) is 3.81. The zero-order valence-corrected chi connectivity index (χ0v) is 10.7. The van der Waals surface area contributed by atoms with E-state index in [-0.39, 0.29) is 18.1 Å². The molecule has 2 fully saturated rings. The van der Waals surface area contributed by atoms with Gasteiger partial charge in [0, 0.05) is 6.04 Å². The molecule has 2 saturated carbocycles. The maximum Gasteiger partial charge on any atom is 0.249 e. The van der Waals surface area contributed by atoms with Gasteiger partial charge in [-0.05, 0) is 45.1 Å². The van der Waals surface area contributed by atoms with Crippen molar-refractivity contribution in [2.75, 3.05) is 6.54 Å². The minimum Gasteiger partial charge on any atom is -0.365 e. The summed E-state index contributed by atoms with van der Waals surface area (Å²) < 4.78 is 5.89. The number of hydrogen-bond acceptors (Lipinski definition) is 3. The first-order valence-electron chi connectivity index (χ1n) is 6.86. The summed E-state index contributed by atoms with van der Waals surface area (Å²) in [6.07, 6.45) is 6.69. The molecule has 2 rings (SSSR count). The van der Waals surface area contributed by atoms with Crippen LogP contribution in [0, 0.1) is 5.92 Å². The fourth-order valence-corrected chi connectivity index (χ4v) is 2.49. The summed E-state index contributed by atoms with van der Waals surface area (Å²) in [6.45, 7) is 2.52. The third kappa shape index (κ3) is 3.68. The highest BCUT2D eigenvalue weighted by Crippen LogP contribution is 2.27. The number of carbonyl (C=O) groups is 1. The smallest absolute Gasteiger partial charge is 0.249 e. The van der Waals surface area contributed by atoms with Gasteiger partial charge in [-0.3, -0.25) is 4.79 Å². The molecule has 0 saturated heterocycles. The van der Waals surface area contributed by atoms with Gasteiger partial charge in [0.2, 0.25) is 5.91 Å². The van der Waals surface area contributed by atoms with Crippen LogP contribution in [0.25, 0.3) is 0 Å². The Hall–Kier alpha value is -0.610. The Labute approximate surface area is 103 Å². The lowest BCUT2D eigenvalue weighted by Crippen LogP contribution is -2.41. The van der Waals surface area contributed by atoms with Gasteiger partial charge in [-0.25, -0.2) is 0 Å². The average Bonchev–Trinajstić information content (AvgIpc) is 3.13. The molecular weight excluding hydrogens is 216 g/mol. The fraction of sp³-hybridized carbons (Fsp3) is 0.923. The van der Waals surface area contributed by atoms with Crippen LogP contribution in [0.4, 0.5) is 0 Å². The normalized spacial score (nSPS) is 30.9. The highest BCUT2D eigenvalue weighted by Gasteiger charge is 2.30. The zero-order valence-electron chi connectivity index (χ0n) is 10.7. The van der Waals surface area contributed by atoms with E-state index in [1.54, 1.807) is 0 Å². The molecule has 1 amide bonds. The minimum atomic E-state index is -0.340. The van der Waals surface area contributed by atoms with E-state index in [0.717, 1.165) is 25.7 Å². The predicted molar refractivity (Wildman–Crippen MR) is 66.5 cm³/mol. The second kappa shape index (κ2) is 5.83. The number of ether oxygens (including phenoxy) is 1. The summed E-state index contributed by atoms with van der Waals surface area (Å²) >= 11 is 0. The van der Waals surface area contributed by atoms with E-state index in [1.165, 1.54) is 12.8 Å². The van der Waals surface area contributed by atoms with Crippen LogP contribution in [0.2, 0.25) is 0 Å². The van der Waals surface area contributed by atoms with E-state index in [9.17, 15) is 4.79 Å². The molecule has 98 valence electrons. The number of nitrogens with one attached hydrogen (secondary N) is 1. The number of carbonyl (C=O) groups excluding carboxylic acids is 1. The summed E-state index contributed by atoms with van der Waals surface area (Å²) in [7, 11) is 0. The first kappa shape index (κ1) is 12.8. The Bertz CT molecular complexity index is 266. The van der Waals surface area contributed by atoms with Crippen LogP contribution < -0.4 is 11.1 Å². The lowest BCUT2D eigenvalue weighted by atomic mass is 9.86. The molecule has 3 N–H and O–H groups in total. The molecule has 0 aliphatic heterocycles. The van der Waals surface area contributed by atoms with Crippen LogP contribution in [0.1, 0.15) is 45.4 Å². The molecular formula is C13H24N2O2. The lowest BCUT2D eigenvalue weighted by Gasteiger charge is -2.32. The second-order valence-electron chi connectivity index (χ2n) is 5.38. The molecule has 0 spiro atoms. The van der Waals surface area contributed by atoms with Crippen molar-refractivity contribution in [3.63, 3.8) is 0 Å². The van der Waals surface area contributed by atoms with Gasteiger partial charge in [-0.2, -0.15) is 0 Å². The lowest BCUT2D eigenvalue weighted by molar-refractivity contribution is -0.139. The molecule has 0 heterocycles. The second-order valence-corrected chi connectivity index (χ2v) is 5.38. The van der Waals surface area contributed by atoms with Crippen LogP contribution in [-0.4, -0.2) is 30.7 Å². The van der Waals surface area contributed by atoms with E-state index in [2.05, 4.69) is 5.32 Å². The predicted octanol–water partition coefficient (Wildman–Crippen LogP) is 1.19. The summed E-state index contributed by atoms with van der Waals surface area (Å²) in [5.41, 5.74) is 5.76. The van der Waals surface area contributed by atoms with Crippen molar-refractivity contribution in [1.82, 2.24) is 5.32 Å². The zero-order chi connectivity index (χ0) is 12.3. The van der Waals surface area contributed by atoms with Gasteiger partial charge in [-0.1, -0.05) is 12.8 Å². The molecule has 0 bridgehead atoms. The molecule has 0 aromatic carbocycles. The highest BCUT2D eigenvalue weighted by atomic mass is 16.5. The van der Waals surface area contributed by atoms with Crippen LogP contribution in [0.15, 0.2) is 0 Å². The van der Waals surface area contributed by atoms with Crippen LogP contribution in [0.3, 0.4) is 0 Å². The van der Waals surface area contributed by atoms with Gasteiger partial charge in [0.05, 0.1) is 6.10 Å². The van der Waals surface area contributed by atoms with Gasteiger partial charge in [0.15, 0.2) is 0 Å². The molecule has 2 aliphatic rings. The monoisotopic (exact) mass is 240 g/mol. The van der Waals surface area contributed by atoms with Crippen molar-refractivity contribution < 1.29 is 9.53 Å². The number of amides is 1. The molecule has 0 aromatic heterocycles. The molecule has 0 radical (unpaired) electrons. The Balaban J connectivity index is 1.78. The Morgan fingerprint density at radius 1 is 1.35 bits per heavy atom. The number of nitrogens with two attached hydrogens (primary N) is 1. The van der Waals surface area contributed by atoms with Crippen molar-refractivity contribution in [3.05, 3.63) is 0 Å². The van der Waals surface area contributed by atoms with Gasteiger partial charge in [0.25, 0.3) is 0 Å². The number of hydrogen-bond donors (Lipinski definition) is 2.